The Bertz CT molecular complexity index is 948. The Kier molecular flexibility index (Phi) is 6.65. The summed E-state index contributed by atoms with van der Waals surface area (Å²) in [5.41, 5.74) is 5.31. The van der Waals surface area contributed by atoms with Crippen molar-refractivity contribution in [2.75, 3.05) is 7.11 Å². The van der Waals surface area contributed by atoms with Gasteiger partial charge in [0, 0.05) is 45.0 Å². The van der Waals surface area contributed by atoms with Crippen LogP contribution in [0.15, 0.2) is 42.5 Å². The van der Waals surface area contributed by atoms with E-state index in [1.807, 2.05) is 48.0 Å². The van der Waals surface area contributed by atoms with Crippen LogP contribution in [0.2, 0.25) is 10.0 Å². The SMILES string of the molecule is COc1ccccc1[C@@H](C)NCc1c(C)nn(Cc2c(Cl)cccc2Cl)c1C. The van der Waals surface area contributed by atoms with Crippen LogP contribution in [0.1, 0.15) is 41.0 Å². The molecule has 0 spiro atoms. The van der Waals surface area contributed by atoms with Gasteiger partial charge in [-0.1, -0.05) is 47.5 Å². The van der Waals surface area contributed by atoms with Crippen LogP contribution in [-0.2, 0) is 13.1 Å². The van der Waals surface area contributed by atoms with E-state index in [0.717, 1.165) is 28.3 Å². The quantitative estimate of drug-likeness (QED) is 0.534. The number of nitrogens with zero attached hydrogens (tertiary/aromatic N) is 2. The van der Waals surface area contributed by atoms with Gasteiger partial charge >= 0.3 is 0 Å². The number of aromatic nitrogens is 2. The third-order valence-electron chi connectivity index (χ3n) is 5.09. The smallest absolute Gasteiger partial charge is 0.123 e. The number of aryl methyl sites for hydroxylation is 1. The second-order valence-corrected chi connectivity index (χ2v) is 7.67. The van der Waals surface area contributed by atoms with Gasteiger partial charge in [0.1, 0.15) is 5.75 Å². The van der Waals surface area contributed by atoms with Crippen molar-refractivity contribution < 1.29 is 4.74 Å². The highest BCUT2D eigenvalue weighted by atomic mass is 35.5. The van der Waals surface area contributed by atoms with Crippen LogP contribution in [0.25, 0.3) is 0 Å². The highest BCUT2D eigenvalue weighted by Gasteiger charge is 2.16. The van der Waals surface area contributed by atoms with Crippen LogP contribution in [0.3, 0.4) is 0 Å². The molecule has 1 heterocycles. The van der Waals surface area contributed by atoms with Crippen LogP contribution in [0.4, 0.5) is 0 Å². The molecule has 28 heavy (non-hydrogen) atoms. The number of halogens is 2. The zero-order valence-electron chi connectivity index (χ0n) is 16.6. The first-order valence-corrected chi connectivity index (χ1v) is 10.00. The van der Waals surface area contributed by atoms with Crippen molar-refractivity contribution in [2.24, 2.45) is 0 Å². The number of hydrogen-bond donors (Lipinski definition) is 1. The normalized spacial score (nSPS) is 12.2. The fraction of sp³-hybridized carbons (Fsp3) is 0.318. The fourth-order valence-electron chi connectivity index (χ4n) is 3.37. The summed E-state index contributed by atoms with van der Waals surface area (Å²) in [5, 5.41) is 9.61. The molecule has 0 unspecified atom stereocenters. The Morgan fingerprint density at radius 1 is 1.04 bits per heavy atom. The lowest BCUT2D eigenvalue weighted by atomic mass is 10.1. The predicted octanol–water partition coefficient (Wildman–Crippen LogP) is 5.71. The molecule has 3 aromatic rings. The van der Waals surface area contributed by atoms with Crippen molar-refractivity contribution in [1.29, 1.82) is 0 Å². The third kappa shape index (κ3) is 4.35. The fourth-order valence-corrected chi connectivity index (χ4v) is 3.88. The molecule has 0 bridgehead atoms. The molecule has 0 amide bonds. The van der Waals surface area contributed by atoms with Gasteiger partial charge in [0.15, 0.2) is 0 Å². The predicted molar refractivity (Wildman–Crippen MR) is 116 cm³/mol. The van der Waals surface area contributed by atoms with E-state index in [1.54, 1.807) is 7.11 Å². The first-order valence-electron chi connectivity index (χ1n) is 9.24. The number of rotatable bonds is 7. The Labute approximate surface area is 176 Å². The summed E-state index contributed by atoms with van der Waals surface area (Å²) in [4.78, 5) is 0. The maximum absolute atomic E-state index is 6.33. The van der Waals surface area contributed by atoms with Crippen molar-refractivity contribution in [1.82, 2.24) is 15.1 Å². The number of benzene rings is 2. The van der Waals surface area contributed by atoms with E-state index in [9.17, 15) is 0 Å². The highest BCUT2D eigenvalue weighted by molar-refractivity contribution is 6.35. The zero-order valence-corrected chi connectivity index (χ0v) is 18.1. The van der Waals surface area contributed by atoms with Crippen molar-refractivity contribution in [3.8, 4) is 5.75 Å². The molecule has 148 valence electrons. The largest absolute Gasteiger partial charge is 0.496 e. The number of ether oxygens (including phenoxy) is 1. The van der Waals surface area contributed by atoms with Gasteiger partial charge < -0.3 is 10.1 Å². The van der Waals surface area contributed by atoms with E-state index in [2.05, 4.69) is 25.2 Å². The molecule has 6 heteroatoms. The van der Waals surface area contributed by atoms with E-state index in [1.165, 1.54) is 5.56 Å². The number of para-hydroxylation sites is 1. The van der Waals surface area contributed by atoms with E-state index in [4.69, 9.17) is 33.0 Å². The molecule has 0 saturated heterocycles. The summed E-state index contributed by atoms with van der Waals surface area (Å²) in [5.74, 6) is 0.889. The molecule has 0 saturated carbocycles. The summed E-state index contributed by atoms with van der Waals surface area (Å²) >= 11 is 12.7. The molecule has 3 rings (SSSR count). The zero-order chi connectivity index (χ0) is 20.3. The van der Waals surface area contributed by atoms with Gasteiger partial charge in [0.25, 0.3) is 0 Å². The molecule has 1 atom stereocenters. The van der Waals surface area contributed by atoms with Crippen molar-refractivity contribution in [3.05, 3.63) is 80.6 Å². The summed E-state index contributed by atoms with van der Waals surface area (Å²) in [6.07, 6.45) is 0. The van der Waals surface area contributed by atoms with E-state index in [-0.39, 0.29) is 6.04 Å². The second kappa shape index (κ2) is 8.99. The summed E-state index contributed by atoms with van der Waals surface area (Å²) in [7, 11) is 1.70. The average molecular weight is 418 g/mol. The van der Waals surface area contributed by atoms with Crippen molar-refractivity contribution in [3.63, 3.8) is 0 Å². The molecular formula is C22H25Cl2N3O. The molecular weight excluding hydrogens is 393 g/mol. The van der Waals surface area contributed by atoms with Gasteiger partial charge in [-0.15, -0.1) is 0 Å². The molecule has 0 aliphatic carbocycles. The first kappa shape index (κ1) is 20.7. The minimum Gasteiger partial charge on any atom is -0.496 e. The van der Waals surface area contributed by atoms with E-state index < -0.39 is 0 Å². The lowest BCUT2D eigenvalue weighted by Gasteiger charge is -2.17. The molecule has 0 radical (unpaired) electrons. The third-order valence-corrected chi connectivity index (χ3v) is 5.80. The molecule has 2 aromatic carbocycles. The second-order valence-electron chi connectivity index (χ2n) is 6.85. The van der Waals surface area contributed by atoms with E-state index >= 15 is 0 Å². The van der Waals surface area contributed by atoms with Gasteiger partial charge in [-0.3, -0.25) is 4.68 Å². The highest BCUT2D eigenvalue weighted by Crippen LogP contribution is 2.27. The Balaban J connectivity index is 1.77. The number of hydrogen-bond acceptors (Lipinski definition) is 3. The lowest BCUT2D eigenvalue weighted by molar-refractivity contribution is 0.401. The Hall–Kier alpha value is -2.01. The Morgan fingerprint density at radius 2 is 1.71 bits per heavy atom. The van der Waals surface area contributed by atoms with Crippen LogP contribution >= 0.6 is 23.2 Å². The van der Waals surface area contributed by atoms with Gasteiger partial charge in [0.05, 0.1) is 19.3 Å². The molecule has 0 fully saturated rings. The topological polar surface area (TPSA) is 39.1 Å². The maximum atomic E-state index is 6.33. The summed E-state index contributed by atoms with van der Waals surface area (Å²) in [6, 6.07) is 13.8. The molecule has 1 N–H and O–H groups in total. The van der Waals surface area contributed by atoms with Crippen molar-refractivity contribution in [2.45, 2.75) is 39.9 Å². The summed E-state index contributed by atoms with van der Waals surface area (Å²) < 4.78 is 7.44. The van der Waals surface area contributed by atoms with Crippen LogP contribution in [-0.4, -0.2) is 16.9 Å². The monoisotopic (exact) mass is 417 g/mol. The van der Waals surface area contributed by atoms with Crippen LogP contribution < -0.4 is 10.1 Å². The Morgan fingerprint density at radius 3 is 2.39 bits per heavy atom. The maximum Gasteiger partial charge on any atom is 0.123 e. The number of nitrogens with one attached hydrogen (secondary N) is 1. The van der Waals surface area contributed by atoms with Gasteiger partial charge in [-0.2, -0.15) is 5.10 Å². The molecule has 1 aromatic heterocycles. The van der Waals surface area contributed by atoms with Gasteiger partial charge in [0.2, 0.25) is 0 Å². The van der Waals surface area contributed by atoms with Gasteiger partial charge in [-0.25, -0.2) is 0 Å². The molecule has 4 nitrogen and oxygen atoms in total. The minimum atomic E-state index is 0.149. The van der Waals surface area contributed by atoms with Crippen LogP contribution in [0, 0.1) is 13.8 Å². The van der Waals surface area contributed by atoms with Crippen molar-refractivity contribution >= 4 is 23.2 Å². The lowest BCUT2D eigenvalue weighted by Crippen LogP contribution is -2.19. The number of methoxy groups -OCH3 is 1. The van der Waals surface area contributed by atoms with Gasteiger partial charge in [-0.05, 0) is 39.0 Å². The average Bonchev–Trinajstić information content (AvgIpc) is 2.95. The summed E-state index contributed by atoms with van der Waals surface area (Å²) in [6.45, 7) is 7.51. The molecule has 0 aliphatic heterocycles. The van der Waals surface area contributed by atoms with E-state index in [0.29, 0.717) is 23.1 Å². The minimum absolute atomic E-state index is 0.149. The molecule has 0 aliphatic rings. The van der Waals surface area contributed by atoms with Crippen LogP contribution in [0.5, 0.6) is 5.75 Å². The first-order chi connectivity index (χ1) is 13.4. The standard InChI is InChI=1S/C22H25Cl2N3O/c1-14(17-8-5-6-11-22(17)28-4)25-12-18-15(2)26-27(16(18)3)13-19-20(23)9-7-10-21(19)24/h5-11,14,25H,12-13H2,1-4H3/t14-/m1/s1.